The Hall–Kier alpha value is -1.08. The van der Waals surface area contributed by atoms with Gasteiger partial charge in [0.1, 0.15) is 11.5 Å². The van der Waals surface area contributed by atoms with Crippen molar-refractivity contribution in [3.8, 4) is 5.69 Å². The number of benzene rings is 1. The number of fused-ring (bicyclic) bond motifs is 1. The lowest BCUT2D eigenvalue weighted by molar-refractivity contribution is 0.560. The summed E-state index contributed by atoms with van der Waals surface area (Å²) in [5.41, 5.74) is 7.85. The highest BCUT2D eigenvalue weighted by atomic mass is 35.6. The van der Waals surface area contributed by atoms with E-state index in [0.29, 0.717) is 17.2 Å². The number of halogens is 3. The second-order valence-electron chi connectivity index (χ2n) is 6.11. The lowest BCUT2D eigenvalue weighted by Gasteiger charge is -2.35. The van der Waals surface area contributed by atoms with Crippen molar-refractivity contribution in [3.63, 3.8) is 0 Å². The zero-order chi connectivity index (χ0) is 19.3. The summed E-state index contributed by atoms with van der Waals surface area (Å²) in [5, 5.41) is 4.59. The minimum absolute atomic E-state index is 0.253. The van der Waals surface area contributed by atoms with E-state index in [4.69, 9.17) is 50.0 Å². The standard InChI is InChI=1S/C15H19Cl3N7P/c1-23(2)26(24(3)4)21-12(15(16,17)18)11-13(19)25(20-14(11)22-26)10-8-6-5-7-9-10/h5-9H,19H2,1-4H3. The molecule has 0 bridgehead atoms. The second-order valence-corrected chi connectivity index (χ2v) is 11.5. The molecule has 2 aromatic rings. The number of hydrogen-bond acceptors (Lipinski definition) is 6. The number of aromatic nitrogens is 2. The highest BCUT2D eigenvalue weighted by molar-refractivity contribution is 7.60. The van der Waals surface area contributed by atoms with Gasteiger partial charge in [-0.05, 0) is 40.3 Å². The number of para-hydroxylation sites is 1. The Bertz CT molecular complexity index is 901. The normalized spacial score (nSPS) is 16.4. The fourth-order valence-corrected chi connectivity index (χ4v) is 5.71. The first kappa shape index (κ1) is 19.7. The van der Waals surface area contributed by atoms with Gasteiger partial charge < -0.3 is 5.73 Å². The van der Waals surface area contributed by atoms with Gasteiger partial charge in [-0.2, -0.15) is 4.74 Å². The van der Waals surface area contributed by atoms with E-state index in [2.05, 4.69) is 5.10 Å². The van der Waals surface area contributed by atoms with Gasteiger partial charge >= 0.3 is 0 Å². The fourth-order valence-electron chi connectivity index (χ4n) is 2.73. The van der Waals surface area contributed by atoms with Crippen molar-refractivity contribution in [2.75, 3.05) is 33.9 Å². The van der Waals surface area contributed by atoms with Gasteiger partial charge in [-0.15, -0.1) is 5.10 Å². The predicted molar refractivity (Wildman–Crippen MR) is 111 cm³/mol. The number of nitrogens with zero attached hydrogens (tertiary/aromatic N) is 6. The molecule has 0 spiro atoms. The molecule has 0 unspecified atom stereocenters. The maximum atomic E-state index is 6.35. The summed E-state index contributed by atoms with van der Waals surface area (Å²) in [6.07, 6.45) is 0. The van der Waals surface area contributed by atoms with Crippen LogP contribution < -0.4 is 5.73 Å². The molecule has 0 saturated heterocycles. The van der Waals surface area contributed by atoms with E-state index in [1.807, 2.05) is 67.9 Å². The first-order valence-corrected chi connectivity index (χ1v) is 10.4. The van der Waals surface area contributed by atoms with Crippen LogP contribution in [0, 0.1) is 0 Å². The number of rotatable bonds is 3. The van der Waals surface area contributed by atoms with Crippen molar-refractivity contribution in [1.29, 1.82) is 0 Å². The Kier molecular flexibility index (Phi) is 5.16. The van der Waals surface area contributed by atoms with Crippen LogP contribution in [0.15, 0.2) is 39.8 Å². The number of nitrogen functional groups attached to an aromatic ring is 1. The van der Waals surface area contributed by atoms with Gasteiger partial charge in [0.25, 0.3) is 0 Å². The minimum atomic E-state index is -2.52. The molecule has 0 radical (unpaired) electrons. The van der Waals surface area contributed by atoms with Crippen molar-refractivity contribution in [2.45, 2.75) is 3.79 Å². The zero-order valence-electron chi connectivity index (χ0n) is 14.7. The molecule has 140 valence electrons. The van der Waals surface area contributed by atoms with Gasteiger partial charge in [-0.25, -0.2) is 18.8 Å². The van der Waals surface area contributed by atoms with Crippen molar-refractivity contribution < 1.29 is 0 Å². The zero-order valence-corrected chi connectivity index (χ0v) is 17.9. The molecule has 26 heavy (non-hydrogen) atoms. The summed E-state index contributed by atoms with van der Waals surface area (Å²) in [7, 11) is 5.03. The Morgan fingerprint density at radius 3 is 2.12 bits per heavy atom. The van der Waals surface area contributed by atoms with Gasteiger partial charge in [-0.1, -0.05) is 53.0 Å². The molecule has 0 atom stereocenters. The average Bonchev–Trinajstić information content (AvgIpc) is 2.90. The SMILES string of the molecule is CN(C)P1(N(C)C)=Nc2nn(-c3ccccc3)c(N)c2C(C(Cl)(Cl)Cl)=N1. The summed E-state index contributed by atoms with van der Waals surface area (Å²) in [6.45, 7) is 0. The number of nitrogens with two attached hydrogens (primary N) is 1. The average molecular weight is 435 g/mol. The molecule has 1 aromatic carbocycles. The quantitative estimate of drug-likeness (QED) is 0.576. The van der Waals surface area contributed by atoms with Crippen LogP contribution in [0.1, 0.15) is 5.56 Å². The molecule has 1 aliphatic heterocycles. The summed E-state index contributed by atoms with van der Waals surface area (Å²) < 4.78 is 13.3. The molecule has 11 heteroatoms. The molecule has 7 nitrogen and oxygen atoms in total. The molecule has 1 aliphatic rings. The minimum Gasteiger partial charge on any atom is -0.383 e. The van der Waals surface area contributed by atoms with Crippen LogP contribution in [0.3, 0.4) is 0 Å². The van der Waals surface area contributed by atoms with E-state index in [1.165, 1.54) is 0 Å². The summed E-state index contributed by atoms with van der Waals surface area (Å²) in [6, 6.07) is 9.49. The highest BCUT2D eigenvalue weighted by Crippen LogP contribution is 2.61. The first-order valence-electron chi connectivity index (χ1n) is 7.67. The van der Waals surface area contributed by atoms with Crippen molar-refractivity contribution in [2.24, 2.45) is 9.51 Å². The van der Waals surface area contributed by atoms with Gasteiger partial charge in [0.15, 0.2) is 5.82 Å². The Labute approximate surface area is 167 Å². The number of alkyl halides is 3. The van der Waals surface area contributed by atoms with Crippen LogP contribution in [-0.2, 0) is 0 Å². The molecular weight excluding hydrogens is 416 g/mol. The van der Waals surface area contributed by atoms with Gasteiger partial charge in [0.2, 0.25) is 11.3 Å². The van der Waals surface area contributed by atoms with E-state index in [-0.39, 0.29) is 5.71 Å². The van der Waals surface area contributed by atoms with Crippen molar-refractivity contribution in [3.05, 3.63) is 35.9 Å². The van der Waals surface area contributed by atoms with Crippen LogP contribution in [-0.4, -0.2) is 56.8 Å². The van der Waals surface area contributed by atoms with Gasteiger partial charge in [0.05, 0.1) is 11.3 Å². The molecular formula is C15H19Cl3N7P. The topological polar surface area (TPSA) is 75.0 Å². The van der Waals surface area contributed by atoms with Gasteiger partial charge in [-0.3, -0.25) is 0 Å². The predicted octanol–water partition coefficient (Wildman–Crippen LogP) is 4.33. The van der Waals surface area contributed by atoms with Crippen LogP contribution in [0.25, 0.3) is 5.69 Å². The second kappa shape index (κ2) is 6.82. The molecule has 2 N–H and O–H groups in total. The smallest absolute Gasteiger partial charge is 0.233 e. The molecule has 3 rings (SSSR count). The number of hydrogen-bond donors (Lipinski definition) is 1. The van der Waals surface area contributed by atoms with E-state index in [1.54, 1.807) is 4.68 Å². The summed E-state index contributed by atoms with van der Waals surface area (Å²) in [5.74, 6) is 0.744. The van der Waals surface area contributed by atoms with Crippen LogP contribution in [0.2, 0.25) is 0 Å². The summed E-state index contributed by atoms with van der Waals surface area (Å²) >= 11 is 18.8. The van der Waals surface area contributed by atoms with Gasteiger partial charge in [0, 0.05) is 0 Å². The first-order chi connectivity index (χ1) is 12.1. The fraction of sp³-hybridized carbons (Fsp3) is 0.333. The molecule has 1 aromatic heterocycles. The summed E-state index contributed by atoms with van der Waals surface area (Å²) in [4.78, 5) is 0. The maximum absolute atomic E-state index is 6.35. The Balaban J connectivity index is 2.35. The van der Waals surface area contributed by atoms with Crippen LogP contribution in [0.5, 0.6) is 0 Å². The van der Waals surface area contributed by atoms with E-state index >= 15 is 0 Å². The Morgan fingerprint density at radius 2 is 1.62 bits per heavy atom. The van der Waals surface area contributed by atoms with E-state index < -0.39 is 11.3 Å². The molecule has 0 aliphatic carbocycles. The highest BCUT2D eigenvalue weighted by Gasteiger charge is 2.42. The lowest BCUT2D eigenvalue weighted by atomic mass is 10.2. The third-order valence-electron chi connectivity index (χ3n) is 3.95. The third kappa shape index (κ3) is 3.17. The van der Waals surface area contributed by atoms with E-state index in [9.17, 15) is 0 Å². The molecule has 2 heterocycles. The lowest BCUT2D eigenvalue weighted by Crippen LogP contribution is -2.28. The number of anilines is 1. The van der Waals surface area contributed by atoms with Crippen LogP contribution in [0.4, 0.5) is 11.6 Å². The van der Waals surface area contributed by atoms with Crippen molar-refractivity contribution in [1.82, 2.24) is 19.1 Å². The monoisotopic (exact) mass is 433 g/mol. The van der Waals surface area contributed by atoms with E-state index in [0.717, 1.165) is 5.69 Å². The molecule has 0 fully saturated rings. The van der Waals surface area contributed by atoms with Crippen LogP contribution >= 0.6 is 42.3 Å². The Morgan fingerprint density at radius 1 is 1.04 bits per heavy atom. The maximum Gasteiger partial charge on any atom is 0.233 e. The molecule has 0 amide bonds. The van der Waals surface area contributed by atoms with Crippen molar-refractivity contribution >= 4 is 59.7 Å². The third-order valence-corrected chi connectivity index (χ3v) is 7.55. The molecule has 0 saturated carbocycles. The largest absolute Gasteiger partial charge is 0.383 e.